The van der Waals surface area contributed by atoms with E-state index < -0.39 is 0 Å². The quantitative estimate of drug-likeness (QED) is 0.699. The fourth-order valence-electron chi connectivity index (χ4n) is 2.05. The minimum atomic E-state index is 0.661. The summed E-state index contributed by atoms with van der Waals surface area (Å²) in [5.41, 5.74) is 2.96. The first kappa shape index (κ1) is 14.2. The summed E-state index contributed by atoms with van der Waals surface area (Å²) in [6.07, 6.45) is 0. The van der Waals surface area contributed by atoms with Crippen molar-refractivity contribution in [3.63, 3.8) is 0 Å². The van der Waals surface area contributed by atoms with Crippen molar-refractivity contribution in [3.05, 3.63) is 47.0 Å². The first-order chi connectivity index (χ1) is 10.2. The van der Waals surface area contributed by atoms with Gasteiger partial charge < -0.3 is 10.1 Å². The lowest BCUT2D eigenvalue weighted by molar-refractivity contribution is 0.341. The van der Waals surface area contributed by atoms with E-state index in [1.165, 1.54) is 0 Å². The highest BCUT2D eigenvalue weighted by molar-refractivity contribution is 7.22. The molecule has 3 aromatic rings. The fraction of sp³-hybridized carbons (Fsp3) is 0.188. The smallest absolute Gasteiger partial charge is 0.188 e. The number of rotatable bonds is 4. The average molecular weight is 319 g/mol. The van der Waals surface area contributed by atoms with Crippen LogP contribution >= 0.6 is 22.9 Å². The van der Waals surface area contributed by atoms with Gasteiger partial charge in [-0.05, 0) is 49.7 Å². The maximum Gasteiger partial charge on any atom is 0.188 e. The summed E-state index contributed by atoms with van der Waals surface area (Å²) in [7, 11) is 0. The van der Waals surface area contributed by atoms with Gasteiger partial charge in [0, 0.05) is 0 Å². The molecule has 5 heteroatoms. The van der Waals surface area contributed by atoms with Gasteiger partial charge >= 0.3 is 0 Å². The monoisotopic (exact) mass is 318 g/mol. The Morgan fingerprint density at radius 2 is 2.10 bits per heavy atom. The van der Waals surface area contributed by atoms with Gasteiger partial charge in [0.15, 0.2) is 5.13 Å². The molecule has 1 aromatic heterocycles. The number of anilines is 2. The molecule has 0 aliphatic heterocycles. The van der Waals surface area contributed by atoms with Crippen LogP contribution in [0.1, 0.15) is 12.5 Å². The summed E-state index contributed by atoms with van der Waals surface area (Å²) in [4.78, 5) is 4.57. The Balaban J connectivity index is 1.90. The lowest BCUT2D eigenvalue weighted by Gasteiger charge is -2.05. The van der Waals surface area contributed by atoms with Gasteiger partial charge in [0.2, 0.25) is 0 Å². The number of halogens is 1. The van der Waals surface area contributed by atoms with Crippen LogP contribution in [0.3, 0.4) is 0 Å². The Morgan fingerprint density at radius 3 is 2.86 bits per heavy atom. The Bertz CT molecular complexity index is 785. The Kier molecular flexibility index (Phi) is 3.99. The third-order valence-corrected chi connectivity index (χ3v) is 4.28. The maximum atomic E-state index is 6.24. The number of thiazole rings is 1. The normalized spacial score (nSPS) is 10.8. The van der Waals surface area contributed by atoms with Gasteiger partial charge in [-0.2, -0.15) is 0 Å². The molecule has 0 radical (unpaired) electrons. The molecule has 1 heterocycles. The van der Waals surface area contributed by atoms with Gasteiger partial charge in [0.25, 0.3) is 0 Å². The zero-order chi connectivity index (χ0) is 14.8. The lowest BCUT2D eigenvalue weighted by Crippen LogP contribution is -1.90. The number of hydrogen-bond donors (Lipinski definition) is 1. The minimum Gasteiger partial charge on any atom is -0.494 e. The van der Waals surface area contributed by atoms with E-state index in [9.17, 15) is 0 Å². The molecular weight excluding hydrogens is 304 g/mol. The Morgan fingerprint density at radius 1 is 1.24 bits per heavy atom. The van der Waals surface area contributed by atoms with Gasteiger partial charge in [-0.3, -0.25) is 0 Å². The highest BCUT2D eigenvalue weighted by atomic mass is 35.5. The molecule has 0 saturated carbocycles. The van der Waals surface area contributed by atoms with Crippen LogP contribution in [0.25, 0.3) is 10.2 Å². The second-order valence-corrected chi connectivity index (χ2v) is 6.13. The Labute approximate surface area is 132 Å². The van der Waals surface area contributed by atoms with Crippen LogP contribution in [-0.4, -0.2) is 11.6 Å². The van der Waals surface area contributed by atoms with E-state index in [0.29, 0.717) is 11.6 Å². The zero-order valence-corrected chi connectivity index (χ0v) is 13.4. The van der Waals surface area contributed by atoms with Crippen molar-refractivity contribution >= 4 is 44.0 Å². The van der Waals surface area contributed by atoms with Crippen molar-refractivity contribution in [2.75, 3.05) is 11.9 Å². The maximum absolute atomic E-state index is 6.24. The standard InChI is InChI=1S/C16H15ClN2OS/c1-3-20-11-5-7-14-15(9-11)21-16(19-14)18-13-6-4-10(2)8-12(13)17/h4-9H,3H2,1-2H3,(H,18,19). The molecule has 0 atom stereocenters. The van der Waals surface area contributed by atoms with Crippen LogP contribution in [0.4, 0.5) is 10.8 Å². The van der Waals surface area contributed by atoms with E-state index in [4.69, 9.17) is 16.3 Å². The molecule has 0 aliphatic rings. The van der Waals surface area contributed by atoms with E-state index in [1.807, 2.05) is 50.2 Å². The number of aryl methyl sites for hydroxylation is 1. The highest BCUT2D eigenvalue weighted by Gasteiger charge is 2.07. The highest BCUT2D eigenvalue weighted by Crippen LogP contribution is 2.33. The third-order valence-electron chi connectivity index (χ3n) is 3.04. The van der Waals surface area contributed by atoms with Gasteiger partial charge in [0.1, 0.15) is 5.75 Å². The molecule has 0 fully saturated rings. The van der Waals surface area contributed by atoms with Gasteiger partial charge in [-0.25, -0.2) is 4.98 Å². The molecule has 0 amide bonds. The molecule has 3 rings (SSSR count). The van der Waals surface area contributed by atoms with Gasteiger partial charge in [0.05, 0.1) is 27.5 Å². The van der Waals surface area contributed by atoms with Gasteiger partial charge in [-0.15, -0.1) is 0 Å². The van der Waals surface area contributed by atoms with Crippen LogP contribution in [0.15, 0.2) is 36.4 Å². The summed E-state index contributed by atoms with van der Waals surface area (Å²) in [5, 5.41) is 4.80. The summed E-state index contributed by atoms with van der Waals surface area (Å²) in [6.45, 7) is 4.65. The molecule has 3 nitrogen and oxygen atoms in total. The molecular formula is C16H15ClN2OS. The van der Waals surface area contributed by atoms with Crippen LogP contribution < -0.4 is 10.1 Å². The molecule has 0 saturated heterocycles. The molecule has 2 aromatic carbocycles. The second-order valence-electron chi connectivity index (χ2n) is 4.69. The SMILES string of the molecule is CCOc1ccc2nc(Nc3ccc(C)cc3Cl)sc2c1. The summed E-state index contributed by atoms with van der Waals surface area (Å²) < 4.78 is 6.60. The lowest BCUT2D eigenvalue weighted by atomic mass is 10.2. The van der Waals surface area contributed by atoms with Crippen LogP contribution in [-0.2, 0) is 0 Å². The number of aromatic nitrogens is 1. The van der Waals surface area contributed by atoms with Crippen molar-refractivity contribution in [3.8, 4) is 5.75 Å². The van der Waals surface area contributed by atoms with Gasteiger partial charge in [-0.1, -0.05) is 29.0 Å². The second kappa shape index (κ2) is 5.92. The van der Waals surface area contributed by atoms with Crippen molar-refractivity contribution < 1.29 is 4.74 Å². The van der Waals surface area contributed by atoms with Crippen molar-refractivity contribution in [1.29, 1.82) is 0 Å². The fourth-order valence-corrected chi connectivity index (χ4v) is 3.24. The molecule has 108 valence electrons. The van der Waals surface area contributed by atoms with E-state index in [1.54, 1.807) is 11.3 Å². The minimum absolute atomic E-state index is 0.661. The molecule has 0 aliphatic carbocycles. The molecule has 1 N–H and O–H groups in total. The number of ether oxygens (including phenoxy) is 1. The first-order valence-corrected chi connectivity index (χ1v) is 7.91. The van der Waals surface area contributed by atoms with E-state index in [2.05, 4.69) is 10.3 Å². The predicted octanol–water partition coefficient (Wildman–Crippen LogP) is 5.40. The van der Waals surface area contributed by atoms with Crippen molar-refractivity contribution in [1.82, 2.24) is 4.98 Å². The van der Waals surface area contributed by atoms with Crippen LogP contribution in [0.2, 0.25) is 5.02 Å². The number of nitrogens with one attached hydrogen (secondary N) is 1. The molecule has 0 unspecified atom stereocenters. The van der Waals surface area contributed by atoms with E-state index >= 15 is 0 Å². The van der Waals surface area contributed by atoms with Crippen molar-refractivity contribution in [2.45, 2.75) is 13.8 Å². The molecule has 0 bridgehead atoms. The molecule has 0 spiro atoms. The average Bonchev–Trinajstić information content (AvgIpc) is 2.84. The largest absolute Gasteiger partial charge is 0.494 e. The molecule has 21 heavy (non-hydrogen) atoms. The third kappa shape index (κ3) is 3.12. The summed E-state index contributed by atoms with van der Waals surface area (Å²) in [5.74, 6) is 0.869. The van der Waals surface area contributed by atoms with Crippen LogP contribution in [0, 0.1) is 6.92 Å². The van der Waals surface area contributed by atoms with E-state index in [0.717, 1.165) is 32.3 Å². The number of benzene rings is 2. The number of fused-ring (bicyclic) bond motifs is 1. The van der Waals surface area contributed by atoms with E-state index in [-0.39, 0.29) is 0 Å². The van der Waals surface area contributed by atoms with Crippen LogP contribution in [0.5, 0.6) is 5.75 Å². The Hall–Kier alpha value is -1.78. The zero-order valence-electron chi connectivity index (χ0n) is 11.8. The predicted molar refractivity (Wildman–Crippen MR) is 90.3 cm³/mol. The first-order valence-electron chi connectivity index (χ1n) is 6.72. The summed E-state index contributed by atoms with van der Waals surface area (Å²) in [6, 6.07) is 11.8. The summed E-state index contributed by atoms with van der Waals surface area (Å²) >= 11 is 7.82. The number of nitrogens with zero attached hydrogens (tertiary/aromatic N) is 1. The number of hydrogen-bond acceptors (Lipinski definition) is 4. The topological polar surface area (TPSA) is 34.1 Å². The van der Waals surface area contributed by atoms with Crippen molar-refractivity contribution in [2.24, 2.45) is 0 Å².